The lowest BCUT2D eigenvalue weighted by molar-refractivity contribution is -0.143. The van der Waals surface area contributed by atoms with Gasteiger partial charge in [0.2, 0.25) is 29.5 Å². The van der Waals surface area contributed by atoms with Crippen molar-refractivity contribution in [2.45, 2.75) is 110 Å². The van der Waals surface area contributed by atoms with Crippen LogP contribution in [0.1, 0.15) is 74.1 Å². The standard InChI is InChI=1S/C28H53N7O8/c1-8-16(6)22(35-24(38)18(30)13-36)27(41)32-19(11-9-10-12-29)25(39)33-20(14(2)3)26(40)31-17(7)23(37)34-21(15(4)5)28(42)43/h14-22,36H,8-13,29-30H2,1-7H3,(H,31,40)(H,32,41)(H,33,39)(H,34,37)(H,35,38)(H,42,43)/t16-,17-,18-,19-,20+,21-,22-/m0/s1. The molecule has 0 spiro atoms. The van der Waals surface area contributed by atoms with Crippen LogP contribution in [-0.4, -0.2) is 95.1 Å². The van der Waals surface area contributed by atoms with Crippen LogP contribution < -0.4 is 38.1 Å². The molecule has 248 valence electrons. The molecule has 0 aliphatic carbocycles. The van der Waals surface area contributed by atoms with E-state index in [9.17, 15) is 39.0 Å². The Hall–Kier alpha value is -3.30. The van der Waals surface area contributed by atoms with Crippen LogP contribution in [0.4, 0.5) is 0 Å². The van der Waals surface area contributed by atoms with Crippen molar-refractivity contribution in [1.29, 1.82) is 0 Å². The van der Waals surface area contributed by atoms with Gasteiger partial charge in [-0.2, -0.15) is 0 Å². The molecule has 7 atom stereocenters. The number of hydrogen-bond donors (Lipinski definition) is 9. The highest BCUT2D eigenvalue weighted by molar-refractivity contribution is 5.96. The molecule has 0 rings (SSSR count). The molecule has 15 nitrogen and oxygen atoms in total. The van der Waals surface area contributed by atoms with Gasteiger partial charge in [-0.1, -0.05) is 48.0 Å². The zero-order valence-corrected chi connectivity index (χ0v) is 26.4. The number of nitrogens with one attached hydrogen (secondary N) is 5. The van der Waals surface area contributed by atoms with Crippen LogP contribution in [0.3, 0.4) is 0 Å². The van der Waals surface area contributed by atoms with Gasteiger partial charge in [0.1, 0.15) is 36.3 Å². The summed E-state index contributed by atoms with van der Waals surface area (Å²) in [5.41, 5.74) is 11.2. The second-order valence-corrected chi connectivity index (χ2v) is 11.5. The highest BCUT2D eigenvalue weighted by Gasteiger charge is 2.34. The predicted molar refractivity (Wildman–Crippen MR) is 160 cm³/mol. The minimum Gasteiger partial charge on any atom is -0.480 e. The van der Waals surface area contributed by atoms with Crippen molar-refractivity contribution in [1.82, 2.24) is 26.6 Å². The molecular weight excluding hydrogens is 562 g/mol. The van der Waals surface area contributed by atoms with Crippen molar-refractivity contribution in [3.63, 3.8) is 0 Å². The summed E-state index contributed by atoms with van der Waals surface area (Å²) < 4.78 is 0. The van der Waals surface area contributed by atoms with Gasteiger partial charge in [0.05, 0.1) is 6.61 Å². The highest BCUT2D eigenvalue weighted by atomic mass is 16.4. The molecular formula is C28H53N7O8. The molecule has 0 radical (unpaired) electrons. The number of nitrogens with two attached hydrogens (primary N) is 2. The normalized spacial score (nSPS) is 16.2. The molecule has 0 saturated carbocycles. The molecule has 0 fully saturated rings. The number of carboxylic acid groups (broad SMARTS) is 1. The van der Waals surface area contributed by atoms with Gasteiger partial charge >= 0.3 is 5.97 Å². The van der Waals surface area contributed by atoms with Gasteiger partial charge in [-0.05, 0) is 50.5 Å². The van der Waals surface area contributed by atoms with E-state index in [-0.39, 0.29) is 12.3 Å². The summed E-state index contributed by atoms with van der Waals surface area (Å²) in [6, 6.07) is -6.68. The summed E-state index contributed by atoms with van der Waals surface area (Å²) in [4.78, 5) is 76.2. The van der Waals surface area contributed by atoms with Crippen LogP contribution in [0.15, 0.2) is 0 Å². The molecule has 43 heavy (non-hydrogen) atoms. The largest absolute Gasteiger partial charge is 0.480 e. The molecule has 15 heteroatoms. The lowest BCUT2D eigenvalue weighted by Crippen LogP contribution is -2.60. The molecule has 5 amide bonds. The number of carboxylic acids is 1. The molecule has 0 aromatic heterocycles. The molecule has 0 aliphatic heterocycles. The van der Waals surface area contributed by atoms with Gasteiger partial charge < -0.3 is 48.3 Å². The number of carbonyl (C=O) groups excluding carboxylic acids is 5. The number of aliphatic hydroxyl groups is 1. The summed E-state index contributed by atoms with van der Waals surface area (Å²) in [6.45, 7) is 11.4. The Labute approximate surface area is 254 Å². The Bertz CT molecular complexity index is 946. The van der Waals surface area contributed by atoms with E-state index in [1.807, 2.05) is 6.92 Å². The van der Waals surface area contributed by atoms with Crippen molar-refractivity contribution < 1.29 is 39.0 Å². The van der Waals surface area contributed by atoms with E-state index in [1.54, 1.807) is 34.6 Å². The monoisotopic (exact) mass is 615 g/mol. The van der Waals surface area contributed by atoms with E-state index in [0.717, 1.165) is 0 Å². The molecule has 0 aliphatic rings. The SMILES string of the molecule is CC[C@H](C)[C@H](NC(=O)[C@@H](N)CO)C(=O)N[C@@H](CCCCN)C(=O)N[C@@H](C(=O)N[C@@H](C)C(=O)N[C@H](C(=O)O)C(C)C)C(C)C. The van der Waals surface area contributed by atoms with Gasteiger partial charge in [-0.3, -0.25) is 24.0 Å². The zero-order valence-electron chi connectivity index (χ0n) is 26.4. The number of amides is 5. The summed E-state index contributed by atoms with van der Waals surface area (Å²) in [5.74, 6) is -5.72. The maximum Gasteiger partial charge on any atom is 0.326 e. The van der Waals surface area contributed by atoms with Crippen LogP contribution in [0.5, 0.6) is 0 Å². The smallest absolute Gasteiger partial charge is 0.326 e. The second kappa shape index (κ2) is 19.8. The minimum absolute atomic E-state index is 0.198. The lowest BCUT2D eigenvalue weighted by atomic mass is 9.96. The third-order valence-corrected chi connectivity index (χ3v) is 7.14. The summed E-state index contributed by atoms with van der Waals surface area (Å²) in [7, 11) is 0. The number of carbonyl (C=O) groups is 6. The van der Waals surface area contributed by atoms with Crippen LogP contribution in [0.25, 0.3) is 0 Å². The Morgan fingerprint density at radius 2 is 1.19 bits per heavy atom. The first-order valence-electron chi connectivity index (χ1n) is 14.8. The van der Waals surface area contributed by atoms with Crippen molar-refractivity contribution >= 4 is 35.5 Å². The quantitative estimate of drug-likeness (QED) is 0.0703. The van der Waals surface area contributed by atoms with E-state index in [2.05, 4.69) is 26.6 Å². The number of hydrogen-bond acceptors (Lipinski definition) is 9. The number of unbranched alkanes of at least 4 members (excludes halogenated alkanes) is 1. The molecule has 0 heterocycles. The van der Waals surface area contributed by atoms with Crippen LogP contribution in [0, 0.1) is 17.8 Å². The van der Waals surface area contributed by atoms with Crippen LogP contribution in [-0.2, 0) is 28.8 Å². The van der Waals surface area contributed by atoms with Gasteiger partial charge in [-0.25, -0.2) is 4.79 Å². The fourth-order valence-electron chi connectivity index (χ4n) is 4.02. The molecule has 0 unspecified atom stereocenters. The third-order valence-electron chi connectivity index (χ3n) is 7.14. The average Bonchev–Trinajstić information content (AvgIpc) is 2.94. The van der Waals surface area contributed by atoms with Crippen LogP contribution in [0.2, 0.25) is 0 Å². The fraction of sp³-hybridized carbons (Fsp3) is 0.786. The van der Waals surface area contributed by atoms with E-state index in [1.165, 1.54) is 6.92 Å². The Balaban J connectivity index is 5.79. The van der Waals surface area contributed by atoms with E-state index in [0.29, 0.717) is 25.8 Å². The first-order chi connectivity index (χ1) is 20.0. The number of aliphatic carboxylic acids is 1. The topological polar surface area (TPSA) is 255 Å². The molecule has 0 saturated heterocycles. The Kier molecular flexibility index (Phi) is 18.3. The number of aliphatic hydroxyl groups excluding tert-OH is 1. The lowest BCUT2D eigenvalue weighted by Gasteiger charge is -2.29. The maximum absolute atomic E-state index is 13.4. The average molecular weight is 616 g/mol. The highest BCUT2D eigenvalue weighted by Crippen LogP contribution is 2.11. The molecule has 11 N–H and O–H groups in total. The van der Waals surface area contributed by atoms with Crippen molar-refractivity contribution in [3.05, 3.63) is 0 Å². The Morgan fingerprint density at radius 3 is 1.65 bits per heavy atom. The van der Waals surface area contributed by atoms with Gasteiger partial charge in [-0.15, -0.1) is 0 Å². The first-order valence-corrected chi connectivity index (χ1v) is 14.8. The second-order valence-electron chi connectivity index (χ2n) is 11.5. The van der Waals surface area contributed by atoms with E-state index >= 15 is 0 Å². The van der Waals surface area contributed by atoms with Gasteiger partial charge in [0.25, 0.3) is 0 Å². The third kappa shape index (κ3) is 13.7. The zero-order chi connectivity index (χ0) is 33.4. The minimum atomic E-state index is -1.22. The fourth-order valence-corrected chi connectivity index (χ4v) is 4.02. The molecule has 0 bridgehead atoms. The van der Waals surface area contributed by atoms with Crippen molar-refractivity contribution in [2.24, 2.45) is 29.2 Å². The van der Waals surface area contributed by atoms with Crippen LogP contribution >= 0.6 is 0 Å². The Morgan fingerprint density at radius 1 is 0.674 bits per heavy atom. The number of rotatable bonds is 20. The summed E-state index contributed by atoms with van der Waals surface area (Å²) >= 11 is 0. The van der Waals surface area contributed by atoms with E-state index in [4.69, 9.17) is 11.5 Å². The van der Waals surface area contributed by atoms with Gasteiger partial charge in [0.15, 0.2) is 0 Å². The van der Waals surface area contributed by atoms with Gasteiger partial charge in [0, 0.05) is 0 Å². The summed E-state index contributed by atoms with van der Waals surface area (Å²) in [6.07, 6.45) is 1.78. The van der Waals surface area contributed by atoms with E-state index < -0.39 is 90.2 Å². The first kappa shape index (κ1) is 39.7. The van der Waals surface area contributed by atoms with Crippen molar-refractivity contribution in [2.75, 3.05) is 13.2 Å². The summed E-state index contributed by atoms with van der Waals surface area (Å²) in [5, 5.41) is 31.3. The van der Waals surface area contributed by atoms with Crippen molar-refractivity contribution in [3.8, 4) is 0 Å². The molecule has 0 aromatic rings. The maximum atomic E-state index is 13.4. The molecule has 0 aromatic carbocycles. The predicted octanol–water partition coefficient (Wildman–Crippen LogP) is -1.68.